The van der Waals surface area contributed by atoms with E-state index in [-0.39, 0.29) is 12.3 Å². The van der Waals surface area contributed by atoms with Crippen LogP contribution in [0.25, 0.3) is 0 Å². The summed E-state index contributed by atoms with van der Waals surface area (Å²) >= 11 is 6.22. The predicted molar refractivity (Wildman–Crippen MR) is 51.0 cm³/mol. The van der Waals surface area contributed by atoms with E-state index in [9.17, 15) is 14.7 Å². The van der Waals surface area contributed by atoms with Crippen molar-refractivity contribution < 1.29 is 14.7 Å². The Balaban J connectivity index is 2.31. The summed E-state index contributed by atoms with van der Waals surface area (Å²) in [5.74, 6) is -0.747. The Bertz CT molecular complexity index is 238. The van der Waals surface area contributed by atoms with Gasteiger partial charge in [-0.1, -0.05) is 24.0 Å². The third-order valence-corrected chi connectivity index (χ3v) is 3.04. The number of carboxylic acids is 1. The Morgan fingerprint density at radius 2 is 2.38 bits per heavy atom. The van der Waals surface area contributed by atoms with Gasteiger partial charge in [-0.25, -0.2) is 0 Å². The summed E-state index contributed by atoms with van der Waals surface area (Å²) in [6, 6.07) is 0. The maximum absolute atomic E-state index is 11.1. The first-order valence-corrected chi connectivity index (χ1v) is 5.17. The fourth-order valence-electron chi connectivity index (χ4n) is 0.979. The van der Waals surface area contributed by atoms with E-state index in [2.05, 4.69) is 0 Å². The van der Waals surface area contributed by atoms with E-state index in [1.807, 2.05) is 0 Å². The zero-order valence-corrected chi connectivity index (χ0v) is 8.45. The van der Waals surface area contributed by atoms with Crippen molar-refractivity contribution >= 4 is 40.2 Å². The average Bonchev–Trinajstić information content (AvgIpc) is 2.34. The number of hydrogen-bond acceptors (Lipinski definition) is 5. The normalized spacial score (nSPS) is 16.8. The molecular formula is C7H8NO3S2-. The maximum Gasteiger partial charge on any atom is 0.238 e. The number of aliphatic carboxylic acids is 1. The van der Waals surface area contributed by atoms with Crippen LogP contribution in [0.3, 0.4) is 0 Å². The molecule has 1 fully saturated rings. The van der Waals surface area contributed by atoms with Crippen LogP contribution in [0.4, 0.5) is 0 Å². The van der Waals surface area contributed by atoms with Crippen molar-refractivity contribution in [2.24, 2.45) is 0 Å². The minimum Gasteiger partial charge on any atom is -0.550 e. The summed E-state index contributed by atoms with van der Waals surface area (Å²) < 4.78 is 0.545. The second-order valence-corrected chi connectivity index (χ2v) is 4.18. The van der Waals surface area contributed by atoms with Crippen LogP contribution in [0.15, 0.2) is 0 Å². The second-order valence-electron chi connectivity index (χ2n) is 2.58. The van der Waals surface area contributed by atoms with E-state index < -0.39 is 5.97 Å². The Morgan fingerprint density at radius 1 is 1.69 bits per heavy atom. The standard InChI is InChI=1S/C7H9NO3S2/c9-5-4-13-7(12)8(5)3-1-2-6(10)11/h1-4H2,(H,10,11)/p-1. The van der Waals surface area contributed by atoms with Crippen LogP contribution >= 0.6 is 24.0 Å². The molecule has 0 aromatic rings. The molecule has 0 aromatic carbocycles. The van der Waals surface area contributed by atoms with E-state index >= 15 is 0 Å². The lowest BCUT2D eigenvalue weighted by Crippen LogP contribution is -2.31. The fourth-order valence-corrected chi connectivity index (χ4v) is 2.10. The molecule has 0 unspecified atom stereocenters. The highest BCUT2D eigenvalue weighted by Gasteiger charge is 2.25. The van der Waals surface area contributed by atoms with Crippen LogP contribution in [0.2, 0.25) is 0 Å². The summed E-state index contributed by atoms with van der Waals surface area (Å²) in [6.45, 7) is 0.388. The number of carboxylic acid groups (broad SMARTS) is 1. The molecule has 0 aromatic heterocycles. The highest BCUT2D eigenvalue weighted by atomic mass is 32.2. The molecule has 1 amide bonds. The van der Waals surface area contributed by atoms with Crippen LogP contribution in [0.1, 0.15) is 12.8 Å². The average molecular weight is 218 g/mol. The summed E-state index contributed by atoms with van der Waals surface area (Å²) in [5, 5.41) is 10.1. The molecule has 0 N–H and O–H groups in total. The van der Waals surface area contributed by atoms with Crippen LogP contribution in [0.5, 0.6) is 0 Å². The minimum absolute atomic E-state index is 0.0307. The van der Waals surface area contributed by atoms with Crippen LogP contribution < -0.4 is 5.11 Å². The third-order valence-electron chi connectivity index (χ3n) is 1.60. The number of carbonyl (C=O) groups is 2. The number of amides is 1. The van der Waals surface area contributed by atoms with E-state index in [4.69, 9.17) is 12.2 Å². The van der Waals surface area contributed by atoms with Gasteiger partial charge in [-0.2, -0.15) is 0 Å². The van der Waals surface area contributed by atoms with Gasteiger partial charge in [0.2, 0.25) is 5.91 Å². The zero-order chi connectivity index (χ0) is 9.84. The molecule has 0 aliphatic carbocycles. The van der Waals surface area contributed by atoms with Gasteiger partial charge >= 0.3 is 0 Å². The molecule has 0 saturated carbocycles. The van der Waals surface area contributed by atoms with Gasteiger partial charge in [-0.15, -0.1) is 0 Å². The number of carbonyl (C=O) groups excluding carboxylic acids is 2. The highest BCUT2D eigenvalue weighted by molar-refractivity contribution is 8.23. The Hall–Kier alpha value is -0.620. The quantitative estimate of drug-likeness (QED) is 0.588. The van der Waals surface area contributed by atoms with Crippen molar-refractivity contribution in [2.45, 2.75) is 12.8 Å². The zero-order valence-electron chi connectivity index (χ0n) is 6.82. The molecule has 1 saturated heterocycles. The van der Waals surface area contributed by atoms with Gasteiger partial charge in [0.25, 0.3) is 0 Å². The number of rotatable bonds is 4. The number of hydrogen-bond donors (Lipinski definition) is 0. The van der Waals surface area contributed by atoms with Gasteiger partial charge in [0.05, 0.1) is 5.75 Å². The Labute approximate surface area is 85.3 Å². The molecule has 0 bridgehead atoms. The summed E-state index contributed by atoms with van der Waals surface area (Å²) in [6.07, 6.45) is 0.367. The van der Waals surface area contributed by atoms with Gasteiger partial charge in [0, 0.05) is 12.5 Å². The molecule has 1 aliphatic rings. The van der Waals surface area contributed by atoms with Gasteiger partial charge in [-0.3, -0.25) is 9.69 Å². The van der Waals surface area contributed by atoms with Crippen molar-refractivity contribution in [1.82, 2.24) is 4.90 Å². The van der Waals surface area contributed by atoms with Crippen molar-refractivity contribution in [3.8, 4) is 0 Å². The van der Waals surface area contributed by atoms with Gasteiger partial charge < -0.3 is 9.90 Å². The molecule has 13 heavy (non-hydrogen) atoms. The van der Waals surface area contributed by atoms with E-state index in [1.54, 1.807) is 0 Å². The predicted octanol–water partition coefficient (Wildman–Crippen LogP) is -0.623. The smallest absolute Gasteiger partial charge is 0.238 e. The van der Waals surface area contributed by atoms with E-state index in [0.29, 0.717) is 23.0 Å². The third kappa shape index (κ3) is 2.96. The van der Waals surface area contributed by atoms with Crippen LogP contribution in [-0.4, -0.2) is 33.4 Å². The molecule has 0 atom stereocenters. The summed E-state index contributed by atoms with van der Waals surface area (Å²) in [7, 11) is 0. The van der Waals surface area contributed by atoms with Crippen LogP contribution in [-0.2, 0) is 9.59 Å². The molecular weight excluding hydrogens is 210 g/mol. The van der Waals surface area contributed by atoms with E-state index in [0.717, 1.165) is 0 Å². The highest BCUT2D eigenvalue weighted by Crippen LogP contribution is 2.19. The minimum atomic E-state index is -1.09. The van der Waals surface area contributed by atoms with Crippen molar-refractivity contribution in [2.75, 3.05) is 12.3 Å². The lowest BCUT2D eigenvalue weighted by Gasteiger charge is -2.14. The lowest BCUT2D eigenvalue weighted by molar-refractivity contribution is -0.305. The first-order valence-electron chi connectivity index (χ1n) is 3.78. The number of thioether (sulfide) groups is 1. The van der Waals surface area contributed by atoms with Crippen molar-refractivity contribution in [3.05, 3.63) is 0 Å². The van der Waals surface area contributed by atoms with Gasteiger partial charge in [-0.05, 0) is 12.8 Å². The Morgan fingerprint density at radius 3 is 2.85 bits per heavy atom. The molecule has 72 valence electrons. The molecule has 6 heteroatoms. The summed E-state index contributed by atoms with van der Waals surface area (Å²) in [5.41, 5.74) is 0. The first kappa shape index (κ1) is 10.5. The molecule has 4 nitrogen and oxygen atoms in total. The Kier molecular flexibility index (Phi) is 3.68. The van der Waals surface area contributed by atoms with Gasteiger partial charge in [0.15, 0.2) is 0 Å². The largest absolute Gasteiger partial charge is 0.550 e. The number of thiocarbonyl (C=S) groups is 1. The molecule has 1 aliphatic heterocycles. The van der Waals surface area contributed by atoms with Crippen LogP contribution in [0, 0.1) is 0 Å². The maximum atomic E-state index is 11.1. The van der Waals surface area contributed by atoms with E-state index in [1.165, 1.54) is 16.7 Å². The molecule has 0 spiro atoms. The molecule has 1 rings (SSSR count). The van der Waals surface area contributed by atoms with Crippen molar-refractivity contribution in [3.63, 3.8) is 0 Å². The monoisotopic (exact) mass is 218 g/mol. The van der Waals surface area contributed by atoms with Crippen molar-refractivity contribution in [1.29, 1.82) is 0 Å². The lowest BCUT2D eigenvalue weighted by atomic mass is 10.3. The van der Waals surface area contributed by atoms with Gasteiger partial charge in [0.1, 0.15) is 4.32 Å². The molecule has 1 heterocycles. The fraction of sp³-hybridized carbons (Fsp3) is 0.571. The second kappa shape index (κ2) is 4.57. The summed E-state index contributed by atoms with van der Waals surface area (Å²) in [4.78, 5) is 22.6. The molecule has 0 radical (unpaired) electrons. The number of nitrogens with zero attached hydrogens (tertiary/aromatic N) is 1. The topological polar surface area (TPSA) is 60.4 Å². The first-order chi connectivity index (χ1) is 6.11. The SMILES string of the molecule is O=C([O-])CCCN1C(=O)CSC1=S.